The third-order valence-electron chi connectivity index (χ3n) is 2.86. The Bertz CT molecular complexity index is 378. The highest BCUT2D eigenvalue weighted by Gasteiger charge is 2.12. The maximum atomic E-state index is 3.18. The van der Waals surface area contributed by atoms with Crippen LogP contribution in [0.15, 0.2) is 24.3 Å². The summed E-state index contributed by atoms with van der Waals surface area (Å²) in [4.78, 5) is 2.46. The lowest BCUT2D eigenvalue weighted by Crippen LogP contribution is -2.29. The maximum absolute atomic E-state index is 3.18. The molecule has 0 unspecified atom stereocenters. The first-order chi connectivity index (χ1) is 7.42. The molecule has 1 fully saturated rings. The van der Waals surface area contributed by atoms with Crippen molar-refractivity contribution in [3.05, 3.63) is 29.8 Å². The van der Waals surface area contributed by atoms with Gasteiger partial charge in [0.05, 0.1) is 5.69 Å². The van der Waals surface area contributed by atoms with Gasteiger partial charge in [-0.3, -0.25) is 0 Å². The van der Waals surface area contributed by atoms with Crippen molar-refractivity contribution >= 4 is 5.69 Å². The van der Waals surface area contributed by atoms with E-state index in [1.54, 1.807) is 0 Å². The summed E-state index contributed by atoms with van der Waals surface area (Å²) in [5, 5.41) is 0. The molecule has 0 aromatic heterocycles. The highest BCUT2D eigenvalue weighted by Crippen LogP contribution is 2.23. The standard InChI is InChI=1S/C14H17N/c1-2-8-13-9-4-5-10-14(13)15-11-6-3-7-12-15/h4-5,9-10H,3,6-7,11-12H2,1H3. The second kappa shape index (κ2) is 4.89. The van der Waals surface area contributed by atoms with Crippen LogP contribution in [0, 0.1) is 11.8 Å². The van der Waals surface area contributed by atoms with E-state index in [1.165, 1.54) is 43.6 Å². The zero-order valence-corrected chi connectivity index (χ0v) is 9.29. The van der Waals surface area contributed by atoms with Crippen molar-refractivity contribution in [2.75, 3.05) is 18.0 Å². The van der Waals surface area contributed by atoms with Crippen molar-refractivity contribution in [1.82, 2.24) is 0 Å². The summed E-state index contributed by atoms with van der Waals surface area (Å²) < 4.78 is 0. The van der Waals surface area contributed by atoms with Crippen LogP contribution in [-0.2, 0) is 0 Å². The zero-order valence-electron chi connectivity index (χ0n) is 9.29. The lowest BCUT2D eigenvalue weighted by Gasteiger charge is -2.29. The average Bonchev–Trinajstić information content (AvgIpc) is 2.31. The first kappa shape index (κ1) is 10.1. The van der Waals surface area contributed by atoms with E-state index in [0.717, 1.165) is 0 Å². The van der Waals surface area contributed by atoms with E-state index in [-0.39, 0.29) is 0 Å². The summed E-state index contributed by atoms with van der Waals surface area (Å²) in [5.74, 6) is 6.17. The Morgan fingerprint density at radius 3 is 2.53 bits per heavy atom. The maximum Gasteiger partial charge on any atom is 0.0525 e. The van der Waals surface area contributed by atoms with Crippen LogP contribution < -0.4 is 4.90 Å². The summed E-state index contributed by atoms with van der Waals surface area (Å²) in [6.07, 6.45) is 4.00. The van der Waals surface area contributed by atoms with Crippen molar-refractivity contribution in [1.29, 1.82) is 0 Å². The van der Waals surface area contributed by atoms with Crippen LogP contribution >= 0.6 is 0 Å². The van der Waals surface area contributed by atoms with Gasteiger partial charge >= 0.3 is 0 Å². The van der Waals surface area contributed by atoms with E-state index in [4.69, 9.17) is 0 Å². The Balaban J connectivity index is 2.27. The fourth-order valence-corrected chi connectivity index (χ4v) is 2.12. The molecule has 1 aromatic rings. The van der Waals surface area contributed by atoms with Gasteiger partial charge in [-0.05, 0) is 38.3 Å². The molecular weight excluding hydrogens is 182 g/mol. The first-order valence-corrected chi connectivity index (χ1v) is 5.68. The Kier molecular flexibility index (Phi) is 3.29. The van der Waals surface area contributed by atoms with Gasteiger partial charge in [0, 0.05) is 18.7 Å². The predicted molar refractivity (Wildman–Crippen MR) is 65.1 cm³/mol. The molecule has 0 N–H and O–H groups in total. The lowest BCUT2D eigenvalue weighted by molar-refractivity contribution is 0.577. The number of para-hydroxylation sites is 1. The number of piperidine rings is 1. The molecular formula is C14H17N. The van der Waals surface area contributed by atoms with Gasteiger partial charge in [-0.2, -0.15) is 0 Å². The van der Waals surface area contributed by atoms with E-state index >= 15 is 0 Å². The summed E-state index contributed by atoms with van der Waals surface area (Å²) in [6.45, 7) is 4.26. The van der Waals surface area contributed by atoms with Gasteiger partial charge in [-0.25, -0.2) is 0 Å². The Labute approximate surface area is 92.1 Å². The smallest absolute Gasteiger partial charge is 0.0525 e. The number of hydrogen-bond acceptors (Lipinski definition) is 1. The normalized spacial score (nSPS) is 15.7. The number of nitrogens with zero attached hydrogens (tertiary/aromatic N) is 1. The van der Waals surface area contributed by atoms with E-state index < -0.39 is 0 Å². The van der Waals surface area contributed by atoms with Crippen LogP contribution in [0.1, 0.15) is 31.7 Å². The van der Waals surface area contributed by atoms with E-state index in [2.05, 4.69) is 41.0 Å². The zero-order chi connectivity index (χ0) is 10.5. The molecule has 15 heavy (non-hydrogen) atoms. The second-order valence-corrected chi connectivity index (χ2v) is 3.94. The molecule has 1 saturated heterocycles. The molecule has 1 nitrogen and oxygen atoms in total. The SMILES string of the molecule is CC#Cc1ccccc1N1CCCCC1. The van der Waals surface area contributed by atoms with Gasteiger partial charge < -0.3 is 4.90 Å². The van der Waals surface area contributed by atoms with E-state index in [0.29, 0.717) is 0 Å². The fourth-order valence-electron chi connectivity index (χ4n) is 2.12. The van der Waals surface area contributed by atoms with Crippen LogP contribution in [0.5, 0.6) is 0 Å². The Hall–Kier alpha value is -1.42. The molecule has 1 heterocycles. The molecule has 78 valence electrons. The molecule has 2 rings (SSSR count). The summed E-state index contributed by atoms with van der Waals surface area (Å²) in [7, 11) is 0. The number of hydrogen-bond donors (Lipinski definition) is 0. The number of anilines is 1. The topological polar surface area (TPSA) is 3.24 Å². The molecule has 1 heteroatoms. The van der Waals surface area contributed by atoms with Crippen LogP contribution in [0.3, 0.4) is 0 Å². The van der Waals surface area contributed by atoms with E-state index in [9.17, 15) is 0 Å². The quantitative estimate of drug-likeness (QED) is 0.628. The molecule has 0 saturated carbocycles. The molecule has 0 radical (unpaired) electrons. The first-order valence-electron chi connectivity index (χ1n) is 5.68. The molecule has 0 aliphatic carbocycles. The average molecular weight is 199 g/mol. The van der Waals surface area contributed by atoms with Gasteiger partial charge in [0.15, 0.2) is 0 Å². The van der Waals surface area contributed by atoms with Crippen molar-refractivity contribution < 1.29 is 0 Å². The summed E-state index contributed by atoms with van der Waals surface area (Å²) >= 11 is 0. The molecule has 1 aromatic carbocycles. The molecule has 0 spiro atoms. The minimum absolute atomic E-state index is 1.17. The summed E-state index contributed by atoms with van der Waals surface area (Å²) in [5.41, 5.74) is 2.48. The van der Waals surface area contributed by atoms with Crippen molar-refractivity contribution in [3.8, 4) is 11.8 Å². The number of rotatable bonds is 1. The van der Waals surface area contributed by atoms with Gasteiger partial charge in [0.1, 0.15) is 0 Å². The van der Waals surface area contributed by atoms with Crippen LogP contribution in [0.4, 0.5) is 5.69 Å². The minimum atomic E-state index is 1.17. The van der Waals surface area contributed by atoms with Crippen molar-refractivity contribution in [3.63, 3.8) is 0 Å². The molecule has 1 aliphatic heterocycles. The Morgan fingerprint density at radius 1 is 1.07 bits per heavy atom. The molecule has 0 amide bonds. The van der Waals surface area contributed by atoms with Crippen molar-refractivity contribution in [2.45, 2.75) is 26.2 Å². The van der Waals surface area contributed by atoms with Crippen LogP contribution in [0.2, 0.25) is 0 Å². The third kappa shape index (κ3) is 2.33. The second-order valence-electron chi connectivity index (χ2n) is 3.94. The van der Waals surface area contributed by atoms with Gasteiger partial charge in [0.25, 0.3) is 0 Å². The fraction of sp³-hybridized carbons (Fsp3) is 0.429. The third-order valence-corrected chi connectivity index (χ3v) is 2.86. The lowest BCUT2D eigenvalue weighted by atomic mass is 10.1. The van der Waals surface area contributed by atoms with Crippen molar-refractivity contribution in [2.24, 2.45) is 0 Å². The van der Waals surface area contributed by atoms with Crippen LogP contribution in [-0.4, -0.2) is 13.1 Å². The molecule has 0 bridgehead atoms. The highest BCUT2D eigenvalue weighted by atomic mass is 15.1. The monoisotopic (exact) mass is 199 g/mol. The molecule has 0 atom stereocenters. The predicted octanol–water partition coefficient (Wildman–Crippen LogP) is 3.05. The minimum Gasteiger partial charge on any atom is -0.371 e. The van der Waals surface area contributed by atoms with Gasteiger partial charge in [0.2, 0.25) is 0 Å². The van der Waals surface area contributed by atoms with E-state index in [1.807, 2.05) is 6.92 Å². The number of benzene rings is 1. The van der Waals surface area contributed by atoms with Crippen LogP contribution in [0.25, 0.3) is 0 Å². The summed E-state index contributed by atoms with van der Waals surface area (Å²) in [6, 6.07) is 8.46. The molecule has 1 aliphatic rings. The van der Waals surface area contributed by atoms with Gasteiger partial charge in [-0.15, -0.1) is 5.92 Å². The largest absolute Gasteiger partial charge is 0.371 e. The van der Waals surface area contributed by atoms with Gasteiger partial charge in [-0.1, -0.05) is 18.1 Å². The Morgan fingerprint density at radius 2 is 1.80 bits per heavy atom. The highest BCUT2D eigenvalue weighted by molar-refractivity contribution is 5.60.